The van der Waals surface area contributed by atoms with Gasteiger partial charge in [-0.2, -0.15) is 0 Å². The zero-order valence-corrected chi connectivity index (χ0v) is 8.43. The Morgan fingerprint density at radius 2 is 1.47 bits per heavy atom. The van der Waals surface area contributed by atoms with Gasteiger partial charge in [0.25, 0.3) is 0 Å². The van der Waals surface area contributed by atoms with E-state index in [-0.39, 0.29) is 12.6 Å². The van der Waals surface area contributed by atoms with E-state index in [0.29, 0.717) is 0 Å². The quantitative estimate of drug-likeness (QED) is 0.319. The Labute approximate surface area is 87.4 Å². The maximum atomic E-state index is 9.70. The van der Waals surface area contributed by atoms with Crippen molar-refractivity contribution in [2.75, 3.05) is 6.61 Å². The van der Waals surface area contributed by atoms with E-state index in [1.807, 2.05) is 0 Å². The van der Waals surface area contributed by atoms with Crippen LogP contribution < -0.4 is 0 Å². The Balaban J connectivity index is 2.29. The molecule has 2 aliphatic rings. The van der Waals surface area contributed by atoms with Crippen molar-refractivity contribution in [3.63, 3.8) is 0 Å². The van der Waals surface area contributed by atoms with Gasteiger partial charge in [-0.25, -0.2) is 0 Å². The Morgan fingerprint density at radius 1 is 0.933 bits per heavy atom. The average Bonchev–Trinajstić information content (AvgIpc) is 2.59. The van der Waals surface area contributed by atoms with Crippen LogP contribution in [-0.4, -0.2) is 79.6 Å². The van der Waals surface area contributed by atoms with E-state index in [1.54, 1.807) is 11.8 Å². The predicted molar refractivity (Wildman–Crippen MR) is 50.0 cm³/mol. The van der Waals surface area contributed by atoms with Gasteiger partial charge in [0.05, 0.1) is 43.1 Å². The van der Waals surface area contributed by atoms with Crippen LogP contribution in [0.1, 0.15) is 6.92 Å². The van der Waals surface area contributed by atoms with Crippen molar-refractivity contribution in [3.05, 3.63) is 0 Å². The summed E-state index contributed by atoms with van der Waals surface area (Å²) >= 11 is 0. The summed E-state index contributed by atoms with van der Waals surface area (Å²) in [6, 6.07) is -1.69. The Morgan fingerprint density at radius 3 is 2.00 bits per heavy atom. The van der Waals surface area contributed by atoms with Crippen molar-refractivity contribution in [1.29, 1.82) is 0 Å². The number of hydrogen-bond acceptors (Lipinski definition) is 6. The van der Waals surface area contributed by atoms with Crippen LogP contribution in [0, 0.1) is 0 Å². The lowest BCUT2D eigenvalue weighted by molar-refractivity contribution is -0.0321. The second-order valence-electron chi connectivity index (χ2n) is 4.39. The molecule has 2 rings (SSSR count). The highest BCUT2D eigenvalue weighted by molar-refractivity contribution is 5.12. The molecule has 0 saturated carbocycles. The molecule has 0 spiro atoms. The number of hydrogen-bond donors (Lipinski definition) is 5. The van der Waals surface area contributed by atoms with E-state index < -0.39 is 36.5 Å². The smallest absolute Gasteiger partial charge is 0.0996 e. The minimum atomic E-state index is -1.13. The predicted octanol–water partition coefficient (Wildman–Crippen LogP) is -3.12. The molecule has 2 saturated heterocycles. The fraction of sp³-hybridized carbons (Fsp3) is 1.00. The normalized spacial score (nSPS) is 56.0. The number of rotatable bonds is 1. The number of aliphatic hydroxyl groups excluding tert-OH is 5. The summed E-state index contributed by atoms with van der Waals surface area (Å²) in [5, 5.41) is 47.8. The molecule has 0 amide bonds. The van der Waals surface area contributed by atoms with Crippen LogP contribution in [-0.2, 0) is 0 Å². The van der Waals surface area contributed by atoms with E-state index >= 15 is 0 Å². The van der Waals surface area contributed by atoms with Gasteiger partial charge in [-0.05, 0) is 6.92 Å². The minimum Gasteiger partial charge on any atom is -0.395 e. The van der Waals surface area contributed by atoms with Crippen LogP contribution in [0.4, 0.5) is 0 Å². The van der Waals surface area contributed by atoms with E-state index in [1.165, 1.54) is 0 Å². The molecular formula is C9H17NO5. The molecule has 2 aliphatic heterocycles. The fourth-order valence-electron chi connectivity index (χ4n) is 2.82. The van der Waals surface area contributed by atoms with Crippen molar-refractivity contribution in [1.82, 2.24) is 4.90 Å². The first-order valence-electron chi connectivity index (χ1n) is 5.11. The SMILES string of the molecule is C[C@H]1[C@@H](O)[C@H](O)[C@@H]2[C@@H](O)[C@H](O)[C@@H](CO)N21. The van der Waals surface area contributed by atoms with Gasteiger partial charge in [0.1, 0.15) is 0 Å². The molecule has 0 aromatic rings. The monoisotopic (exact) mass is 219 g/mol. The molecule has 6 heteroatoms. The molecule has 0 aromatic carbocycles. The van der Waals surface area contributed by atoms with Crippen molar-refractivity contribution in [2.45, 2.75) is 49.5 Å². The molecule has 2 heterocycles. The largest absolute Gasteiger partial charge is 0.395 e. The van der Waals surface area contributed by atoms with Gasteiger partial charge in [0, 0.05) is 6.04 Å². The van der Waals surface area contributed by atoms with Gasteiger partial charge in [-0.1, -0.05) is 0 Å². The molecule has 0 radical (unpaired) electrons. The molecule has 6 nitrogen and oxygen atoms in total. The molecule has 0 bridgehead atoms. The number of aliphatic hydroxyl groups is 5. The van der Waals surface area contributed by atoms with Gasteiger partial charge in [-0.3, -0.25) is 4.90 Å². The maximum Gasteiger partial charge on any atom is 0.0996 e. The van der Waals surface area contributed by atoms with E-state index in [0.717, 1.165) is 0 Å². The highest BCUT2D eigenvalue weighted by Crippen LogP contribution is 2.37. The lowest BCUT2D eigenvalue weighted by Gasteiger charge is -2.27. The van der Waals surface area contributed by atoms with Crippen LogP contribution >= 0.6 is 0 Å². The Hall–Kier alpha value is -0.240. The summed E-state index contributed by atoms with van der Waals surface area (Å²) in [7, 11) is 0. The van der Waals surface area contributed by atoms with Crippen molar-refractivity contribution in [3.8, 4) is 0 Å². The van der Waals surface area contributed by atoms with Crippen LogP contribution in [0.2, 0.25) is 0 Å². The second kappa shape index (κ2) is 3.65. The summed E-state index contributed by atoms with van der Waals surface area (Å²) in [4.78, 5) is 1.60. The van der Waals surface area contributed by atoms with Crippen LogP contribution in [0.15, 0.2) is 0 Å². The van der Waals surface area contributed by atoms with Gasteiger partial charge >= 0.3 is 0 Å². The molecule has 0 aromatic heterocycles. The second-order valence-corrected chi connectivity index (χ2v) is 4.39. The van der Waals surface area contributed by atoms with E-state index in [9.17, 15) is 20.4 Å². The lowest BCUT2D eigenvalue weighted by atomic mass is 10.00. The highest BCUT2D eigenvalue weighted by atomic mass is 16.4. The van der Waals surface area contributed by atoms with Gasteiger partial charge in [0.2, 0.25) is 0 Å². The van der Waals surface area contributed by atoms with Gasteiger partial charge < -0.3 is 25.5 Å². The molecule has 15 heavy (non-hydrogen) atoms. The van der Waals surface area contributed by atoms with Crippen molar-refractivity contribution < 1.29 is 25.5 Å². The van der Waals surface area contributed by atoms with Crippen molar-refractivity contribution >= 4 is 0 Å². The topological polar surface area (TPSA) is 104 Å². The first kappa shape index (κ1) is 11.3. The zero-order valence-electron chi connectivity index (χ0n) is 8.43. The van der Waals surface area contributed by atoms with E-state index in [4.69, 9.17) is 5.11 Å². The third-order valence-electron chi connectivity index (χ3n) is 3.67. The molecule has 2 fully saturated rings. The summed E-state index contributed by atoms with van der Waals surface area (Å²) in [5.74, 6) is 0. The summed E-state index contributed by atoms with van der Waals surface area (Å²) in [6.07, 6.45) is -4.24. The van der Waals surface area contributed by atoms with E-state index in [2.05, 4.69) is 0 Å². The molecule has 7 atom stereocenters. The first-order valence-corrected chi connectivity index (χ1v) is 5.11. The van der Waals surface area contributed by atoms with Crippen LogP contribution in [0.5, 0.6) is 0 Å². The molecular weight excluding hydrogens is 202 g/mol. The summed E-state index contributed by atoms with van der Waals surface area (Å²) < 4.78 is 0. The van der Waals surface area contributed by atoms with Crippen LogP contribution in [0.3, 0.4) is 0 Å². The molecule has 0 aliphatic carbocycles. The van der Waals surface area contributed by atoms with Crippen molar-refractivity contribution in [2.24, 2.45) is 0 Å². The first-order chi connectivity index (χ1) is 7.00. The minimum absolute atomic E-state index is 0.307. The molecule has 5 N–H and O–H groups in total. The number of fused-ring (bicyclic) bond motifs is 1. The zero-order chi connectivity index (χ0) is 11.3. The third-order valence-corrected chi connectivity index (χ3v) is 3.67. The highest BCUT2D eigenvalue weighted by Gasteiger charge is 2.59. The number of nitrogens with zero attached hydrogens (tertiary/aromatic N) is 1. The lowest BCUT2D eigenvalue weighted by Crippen LogP contribution is -2.45. The standard InChI is InChI=1S/C9H17NO5/c1-3-6(12)8(14)5-9(15)7(13)4(2-11)10(3)5/h3-9,11-15H,2H2,1H3/t3-,4+,5+,6+,7+,8+,9+/m0/s1. The summed E-state index contributed by atoms with van der Waals surface area (Å²) in [6.45, 7) is 1.39. The fourth-order valence-corrected chi connectivity index (χ4v) is 2.82. The average molecular weight is 219 g/mol. The van der Waals surface area contributed by atoms with Gasteiger partial charge in [-0.15, -0.1) is 0 Å². The van der Waals surface area contributed by atoms with Gasteiger partial charge in [0.15, 0.2) is 0 Å². The Kier molecular flexibility index (Phi) is 2.74. The molecule has 0 unspecified atom stereocenters. The summed E-state index contributed by atoms with van der Waals surface area (Å²) in [5.41, 5.74) is 0. The maximum absolute atomic E-state index is 9.70. The van der Waals surface area contributed by atoms with Crippen LogP contribution in [0.25, 0.3) is 0 Å². The third kappa shape index (κ3) is 1.33. The Bertz CT molecular complexity index is 251. The molecule has 88 valence electrons.